The number of rotatable bonds is 3. The Morgan fingerprint density at radius 1 is 1.22 bits per heavy atom. The molecule has 1 amide bonds. The molecule has 0 aliphatic carbocycles. The van der Waals surface area contributed by atoms with E-state index in [0.29, 0.717) is 10.2 Å². The van der Waals surface area contributed by atoms with Crippen LogP contribution in [0.1, 0.15) is 28.9 Å². The first-order valence-corrected chi connectivity index (χ1v) is 6.44. The molecule has 0 bridgehead atoms. The summed E-state index contributed by atoms with van der Waals surface area (Å²) in [4.78, 5) is 16.1. The first kappa shape index (κ1) is 12.8. The van der Waals surface area contributed by atoms with Gasteiger partial charge in [-0.3, -0.25) is 4.79 Å². The molecule has 3 nitrogen and oxygen atoms in total. The normalized spacial score (nSPS) is 11.9. The molecule has 0 saturated heterocycles. The van der Waals surface area contributed by atoms with Crippen LogP contribution in [0.3, 0.4) is 0 Å². The molecule has 1 atom stereocenters. The Morgan fingerprint density at radius 2 is 1.94 bits per heavy atom. The van der Waals surface area contributed by atoms with Gasteiger partial charge in [0.15, 0.2) is 0 Å². The van der Waals surface area contributed by atoms with E-state index in [9.17, 15) is 4.79 Å². The van der Waals surface area contributed by atoms with Crippen LogP contribution in [0.25, 0.3) is 0 Å². The van der Waals surface area contributed by atoms with E-state index in [1.807, 2.05) is 37.3 Å². The van der Waals surface area contributed by atoms with E-state index < -0.39 is 0 Å². The fourth-order valence-corrected chi connectivity index (χ4v) is 2.09. The van der Waals surface area contributed by atoms with Crippen molar-refractivity contribution in [2.45, 2.75) is 13.0 Å². The maximum Gasteiger partial charge on any atom is 0.254 e. The van der Waals surface area contributed by atoms with E-state index in [1.165, 1.54) is 0 Å². The Kier molecular flexibility index (Phi) is 4.10. The topological polar surface area (TPSA) is 42.0 Å². The van der Waals surface area contributed by atoms with Crippen molar-refractivity contribution >= 4 is 21.8 Å². The molecule has 2 rings (SSSR count). The fourth-order valence-electron chi connectivity index (χ4n) is 1.65. The third-order valence-electron chi connectivity index (χ3n) is 2.65. The van der Waals surface area contributed by atoms with E-state index in [1.54, 1.807) is 18.3 Å². The minimum absolute atomic E-state index is 0.0363. The van der Waals surface area contributed by atoms with Gasteiger partial charge >= 0.3 is 0 Å². The molecule has 2 aromatic rings. The predicted molar refractivity (Wildman–Crippen MR) is 74.3 cm³/mol. The maximum atomic E-state index is 12.1. The van der Waals surface area contributed by atoms with Gasteiger partial charge in [-0.05, 0) is 40.5 Å². The van der Waals surface area contributed by atoms with Crippen LogP contribution in [-0.2, 0) is 0 Å². The van der Waals surface area contributed by atoms with E-state index in [-0.39, 0.29) is 11.9 Å². The molecule has 1 heterocycles. The summed E-state index contributed by atoms with van der Waals surface area (Å²) in [5.74, 6) is -0.133. The summed E-state index contributed by atoms with van der Waals surface area (Å²) in [5.41, 5.74) is 1.62. The van der Waals surface area contributed by atoms with Crippen LogP contribution in [0.4, 0.5) is 0 Å². The summed E-state index contributed by atoms with van der Waals surface area (Å²) in [5, 5.41) is 2.94. The van der Waals surface area contributed by atoms with Crippen molar-refractivity contribution in [3.05, 3.63) is 64.4 Å². The number of hydrogen-bond donors (Lipinski definition) is 1. The highest BCUT2D eigenvalue weighted by Gasteiger charge is 2.13. The molecule has 0 aliphatic heterocycles. The van der Waals surface area contributed by atoms with Crippen molar-refractivity contribution in [1.29, 1.82) is 0 Å². The Morgan fingerprint density at radius 3 is 2.61 bits per heavy atom. The molecule has 0 radical (unpaired) electrons. The number of pyridine rings is 1. The average Bonchev–Trinajstić information content (AvgIpc) is 2.40. The first-order valence-electron chi connectivity index (χ1n) is 5.65. The third-order valence-corrected chi connectivity index (χ3v) is 3.28. The first-order chi connectivity index (χ1) is 8.68. The minimum Gasteiger partial charge on any atom is -0.345 e. The highest BCUT2D eigenvalue weighted by atomic mass is 79.9. The van der Waals surface area contributed by atoms with Crippen LogP contribution in [-0.4, -0.2) is 10.9 Å². The smallest absolute Gasteiger partial charge is 0.254 e. The van der Waals surface area contributed by atoms with Gasteiger partial charge in [0.2, 0.25) is 0 Å². The lowest BCUT2D eigenvalue weighted by atomic mass is 10.1. The average molecular weight is 305 g/mol. The molecule has 18 heavy (non-hydrogen) atoms. The van der Waals surface area contributed by atoms with Gasteiger partial charge in [-0.2, -0.15) is 0 Å². The molecule has 4 heteroatoms. The summed E-state index contributed by atoms with van der Waals surface area (Å²) < 4.78 is 0.558. The number of benzene rings is 1. The van der Waals surface area contributed by atoms with Crippen LogP contribution in [0.5, 0.6) is 0 Å². The Bertz CT molecular complexity index is 543. The van der Waals surface area contributed by atoms with Crippen LogP contribution >= 0.6 is 15.9 Å². The summed E-state index contributed by atoms with van der Waals surface area (Å²) in [7, 11) is 0. The van der Waals surface area contributed by atoms with Crippen LogP contribution < -0.4 is 5.32 Å². The molecular formula is C14H13BrN2O. The lowest BCUT2D eigenvalue weighted by Gasteiger charge is -2.14. The van der Waals surface area contributed by atoms with E-state index >= 15 is 0 Å². The number of nitrogens with one attached hydrogen (secondary N) is 1. The number of carbonyl (C=O) groups is 1. The molecule has 0 aliphatic rings. The van der Waals surface area contributed by atoms with Crippen molar-refractivity contribution < 1.29 is 4.79 Å². The van der Waals surface area contributed by atoms with Crippen molar-refractivity contribution in [3.63, 3.8) is 0 Å². The Labute approximate surface area is 114 Å². The molecule has 92 valence electrons. The van der Waals surface area contributed by atoms with Crippen molar-refractivity contribution in [2.24, 2.45) is 0 Å². The maximum absolute atomic E-state index is 12.1. The Hall–Kier alpha value is -1.68. The van der Waals surface area contributed by atoms with Crippen LogP contribution in [0.2, 0.25) is 0 Å². The molecule has 0 fully saturated rings. The van der Waals surface area contributed by atoms with Crippen LogP contribution in [0, 0.1) is 0 Å². The minimum atomic E-state index is -0.133. The van der Waals surface area contributed by atoms with Gasteiger partial charge in [0.05, 0.1) is 11.6 Å². The highest BCUT2D eigenvalue weighted by molar-refractivity contribution is 9.10. The molecule has 0 spiro atoms. The summed E-state index contributed by atoms with van der Waals surface area (Å²) in [6.07, 6.45) is 1.64. The number of nitrogens with zero attached hydrogens (tertiary/aromatic N) is 1. The largest absolute Gasteiger partial charge is 0.345 e. The monoisotopic (exact) mass is 304 g/mol. The number of carbonyl (C=O) groups excluding carboxylic acids is 1. The van der Waals surface area contributed by atoms with E-state index in [4.69, 9.17) is 0 Å². The molecule has 1 aromatic heterocycles. The Balaban J connectivity index is 2.11. The third kappa shape index (κ3) is 2.96. The van der Waals surface area contributed by atoms with Gasteiger partial charge in [-0.25, -0.2) is 4.98 Å². The number of aromatic nitrogens is 1. The van der Waals surface area contributed by atoms with Crippen molar-refractivity contribution in [1.82, 2.24) is 10.3 Å². The molecule has 1 unspecified atom stereocenters. The number of halogens is 1. The molecule has 1 aromatic carbocycles. The summed E-state index contributed by atoms with van der Waals surface area (Å²) >= 11 is 3.27. The lowest BCUT2D eigenvalue weighted by molar-refractivity contribution is 0.0938. The van der Waals surface area contributed by atoms with Gasteiger partial charge in [0, 0.05) is 6.20 Å². The molecule has 1 N–H and O–H groups in total. The summed E-state index contributed by atoms with van der Waals surface area (Å²) in [6, 6.07) is 13.3. The second kappa shape index (κ2) is 5.78. The quantitative estimate of drug-likeness (QED) is 0.884. The predicted octanol–water partition coefficient (Wildman–Crippen LogP) is 3.34. The van der Waals surface area contributed by atoms with Crippen LogP contribution in [0.15, 0.2) is 53.3 Å². The fraction of sp³-hybridized carbons (Fsp3) is 0.143. The van der Waals surface area contributed by atoms with Gasteiger partial charge in [-0.1, -0.05) is 30.3 Å². The molecule has 0 saturated carbocycles. The van der Waals surface area contributed by atoms with Crippen molar-refractivity contribution in [3.8, 4) is 0 Å². The highest BCUT2D eigenvalue weighted by Crippen LogP contribution is 2.16. The lowest BCUT2D eigenvalue weighted by Crippen LogP contribution is -2.27. The van der Waals surface area contributed by atoms with E-state index in [0.717, 1.165) is 5.56 Å². The SMILES string of the molecule is CC(NC(=O)c1cccnc1Br)c1ccccc1. The molecular weight excluding hydrogens is 292 g/mol. The zero-order valence-electron chi connectivity index (χ0n) is 9.93. The second-order valence-electron chi connectivity index (χ2n) is 3.95. The van der Waals surface area contributed by atoms with Gasteiger partial charge in [-0.15, -0.1) is 0 Å². The van der Waals surface area contributed by atoms with Crippen molar-refractivity contribution in [2.75, 3.05) is 0 Å². The van der Waals surface area contributed by atoms with Gasteiger partial charge < -0.3 is 5.32 Å². The second-order valence-corrected chi connectivity index (χ2v) is 4.70. The number of amides is 1. The van der Waals surface area contributed by atoms with Gasteiger partial charge in [0.25, 0.3) is 5.91 Å². The zero-order valence-corrected chi connectivity index (χ0v) is 11.5. The number of hydrogen-bond acceptors (Lipinski definition) is 2. The van der Waals surface area contributed by atoms with E-state index in [2.05, 4.69) is 26.2 Å². The van der Waals surface area contributed by atoms with Gasteiger partial charge in [0.1, 0.15) is 4.60 Å². The zero-order chi connectivity index (χ0) is 13.0. The standard InChI is InChI=1S/C14H13BrN2O/c1-10(11-6-3-2-4-7-11)17-14(18)12-8-5-9-16-13(12)15/h2-10H,1H3,(H,17,18). The summed E-state index contributed by atoms with van der Waals surface area (Å²) in [6.45, 7) is 1.96.